The van der Waals surface area contributed by atoms with Gasteiger partial charge in [0.15, 0.2) is 0 Å². The number of aromatic hydroxyl groups is 1. The number of hydrogen-bond donors (Lipinski definition) is 4. The van der Waals surface area contributed by atoms with E-state index in [9.17, 15) is 14.7 Å². The SMILES string of the molecule is Cc1nc(C(=O)Nc2ccc(C(=O)O)cc2O)n[nH]1. The summed E-state index contributed by atoms with van der Waals surface area (Å²) in [7, 11) is 0. The van der Waals surface area contributed by atoms with Crippen molar-refractivity contribution in [2.24, 2.45) is 0 Å². The number of anilines is 1. The Hall–Kier alpha value is -2.90. The zero-order valence-electron chi connectivity index (χ0n) is 9.84. The van der Waals surface area contributed by atoms with Crippen molar-refractivity contribution in [3.8, 4) is 5.75 Å². The molecule has 19 heavy (non-hydrogen) atoms. The lowest BCUT2D eigenvalue weighted by Gasteiger charge is -2.05. The first-order valence-corrected chi connectivity index (χ1v) is 5.24. The van der Waals surface area contributed by atoms with Crippen LogP contribution in [0.5, 0.6) is 5.75 Å². The van der Waals surface area contributed by atoms with E-state index in [1.54, 1.807) is 6.92 Å². The van der Waals surface area contributed by atoms with Gasteiger partial charge >= 0.3 is 5.97 Å². The maximum absolute atomic E-state index is 11.7. The minimum atomic E-state index is -1.17. The Bertz CT molecular complexity index is 650. The molecular weight excluding hydrogens is 252 g/mol. The molecule has 8 heteroatoms. The Labute approximate surface area is 107 Å². The number of aromatic nitrogens is 3. The third-order valence-electron chi connectivity index (χ3n) is 2.29. The summed E-state index contributed by atoms with van der Waals surface area (Å²) >= 11 is 0. The summed E-state index contributed by atoms with van der Waals surface area (Å²) in [6, 6.07) is 3.60. The Kier molecular flexibility index (Phi) is 3.15. The Balaban J connectivity index is 2.20. The van der Waals surface area contributed by atoms with Gasteiger partial charge in [-0.3, -0.25) is 9.89 Å². The molecule has 2 aromatic rings. The van der Waals surface area contributed by atoms with Crippen molar-refractivity contribution in [1.29, 1.82) is 0 Å². The van der Waals surface area contributed by atoms with Crippen molar-refractivity contribution in [3.05, 3.63) is 35.4 Å². The van der Waals surface area contributed by atoms with Crippen molar-refractivity contribution in [3.63, 3.8) is 0 Å². The number of nitrogens with zero attached hydrogens (tertiary/aromatic N) is 2. The van der Waals surface area contributed by atoms with Crippen LogP contribution in [-0.2, 0) is 0 Å². The van der Waals surface area contributed by atoms with E-state index in [0.717, 1.165) is 6.07 Å². The van der Waals surface area contributed by atoms with E-state index in [0.29, 0.717) is 5.82 Å². The topological polar surface area (TPSA) is 128 Å². The minimum absolute atomic E-state index is 0.0702. The molecule has 0 aliphatic rings. The smallest absolute Gasteiger partial charge is 0.335 e. The van der Waals surface area contributed by atoms with Gasteiger partial charge in [-0.1, -0.05) is 0 Å². The van der Waals surface area contributed by atoms with Gasteiger partial charge in [0.1, 0.15) is 11.6 Å². The Morgan fingerprint density at radius 1 is 1.37 bits per heavy atom. The number of carboxylic acids is 1. The second kappa shape index (κ2) is 4.77. The molecule has 1 heterocycles. The fourth-order valence-corrected chi connectivity index (χ4v) is 1.39. The average molecular weight is 262 g/mol. The first kappa shape index (κ1) is 12.6. The molecule has 0 aliphatic heterocycles. The lowest BCUT2D eigenvalue weighted by molar-refractivity contribution is 0.0696. The number of hydrogen-bond acceptors (Lipinski definition) is 5. The number of H-pyrrole nitrogens is 1. The van der Waals surface area contributed by atoms with Crippen molar-refractivity contribution >= 4 is 17.6 Å². The number of phenolic OH excluding ortho intramolecular Hbond substituents is 1. The molecule has 0 atom stereocenters. The van der Waals surface area contributed by atoms with E-state index in [-0.39, 0.29) is 22.8 Å². The van der Waals surface area contributed by atoms with Gasteiger partial charge < -0.3 is 15.5 Å². The molecule has 1 amide bonds. The molecule has 0 aliphatic carbocycles. The number of carboxylic acid groups (broad SMARTS) is 1. The maximum atomic E-state index is 11.7. The van der Waals surface area contributed by atoms with Gasteiger partial charge in [-0.15, -0.1) is 5.10 Å². The number of phenols is 1. The van der Waals surface area contributed by atoms with Gasteiger partial charge in [0.25, 0.3) is 5.91 Å². The number of aromatic amines is 1. The third kappa shape index (κ3) is 2.68. The summed E-state index contributed by atoms with van der Waals surface area (Å²) in [5.74, 6) is -1.71. The predicted octanol–water partition coefficient (Wildman–Crippen LogP) is 0.769. The van der Waals surface area contributed by atoms with Crippen LogP contribution in [-0.4, -0.2) is 37.3 Å². The zero-order chi connectivity index (χ0) is 14.0. The lowest BCUT2D eigenvalue weighted by atomic mass is 10.2. The summed E-state index contributed by atoms with van der Waals surface area (Å²) in [6.45, 7) is 1.64. The van der Waals surface area contributed by atoms with Crippen LogP contribution in [0.25, 0.3) is 0 Å². The minimum Gasteiger partial charge on any atom is -0.506 e. The van der Waals surface area contributed by atoms with E-state index < -0.39 is 11.9 Å². The van der Waals surface area contributed by atoms with Gasteiger partial charge in [0.2, 0.25) is 5.82 Å². The van der Waals surface area contributed by atoms with Gasteiger partial charge in [-0.2, -0.15) is 0 Å². The van der Waals surface area contributed by atoms with Gasteiger partial charge in [-0.25, -0.2) is 9.78 Å². The number of aryl methyl sites for hydroxylation is 1. The van der Waals surface area contributed by atoms with Crippen LogP contribution in [0.15, 0.2) is 18.2 Å². The molecule has 2 rings (SSSR count). The van der Waals surface area contributed by atoms with E-state index in [2.05, 4.69) is 20.5 Å². The molecule has 0 fully saturated rings. The normalized spacial score (nSPS) is 10.2. The molecule has 1 aromatic carbocycles. The van der Waals surface area contributed by atoms with Gasteiger partial charge in [-0.05, 0) is 25.1 Å². The van der Waals surface area contributed by atoms with Crippen LogP contribution in [0.2, 0.25) is 0 Å². The lowest BCUT2D eigenvalue weighted by Crippen LogP contribution is -2.14. The van der Waals surface area contributed by atoms with Crippen molar-refractivity contribution in [2.75, 3.05) is 5.32 Å². The highest BCUT2D eigenvalue weighted by atomic mass is 16.4. The zero-order valence-corrected chi connectivity index (χ0v) is 9.84. The third-order valence-corrected chi connectivity index (χ3v) is 2.29. The van der Waals surface area contributed by atoms with Crippen molar-refractivity contribution in [1.82, 2.24) is 15.2 Å². The number of amides is 1. The maximum Gasteiger partial charge on any atom is 0.335 e. The average Bonchev–Trinajstić information content (AvgIpc) is 2.78. The second-order valence-electron chi connectivity index (χ2n) is 3.74. The molecule has 0 bridgehead atoms. The molecule has 98 valence electrons. The van der Waals surface area contributed by atoms with Crippen LogP contribution in [0, 0.1) is 6.92 Å². The van der Waals surface area contributed by atoms with Crippen LogP contribution in [0.3, 0.4) is 0 Å². The fourth-order valence-electron chi connectivity index (χ4n) is 1.39. The first-order chi connectivity index (χ1) is 8.97. The Morgan fingerprint density at radius 3 is 2.63 bits per heavy atom. The second-order valence-corrected chi connectivity index (χ2v) is 3.74. The number of aromatic carboxylic acids is 1. The van der Waals surface area contributed by atoms with E-state index in [1.807, 2.05) is 0 Å². The molecule has 0 spiro atoms. The standard InChI is InChI=1S/C11H10N4O4/c1-5-12-9(15-14-5)10(17)13-7-3-2-6(11(18)19)4-8(7)16/h2-4,16H,1H3,(H,13,17)(H,18,19)(H,12,14,15). The number of rotatable bonds is 3. The highest BCUT2D eigenvalue weighted by Crippen LogP contribution is 2.24. The highest BCUT2D eigenvalue weighted by Gasteiger charge is 2.14. The molecule has 0 saturated carbocycles. The Morgan fingerprint density at radius 2 is 2.11 bits per heavy atom. The number of carbonyl (C=O) groups is 2. The molecule has 1 aromatic heterocycles. The first-order valence-electron chi connectivity index (χ1n) is 5.24. The summed E-state index contributed by atoms with van der Waals surface area (Å²) in [5.41, 5.74) is 0.00157. The number of carbonyl (C=O) groups excluding carboxylic acids is 1. The molecule has 0 saturated heterocycles. The van der Waals surface area contributed by atoms with Gasteiger partial charge in [0, 0.05) is 0 Å². The largest absolute Gasteiger partial charge is 0.506 e. The summed E-state index contributed by atoms with van der Waals surface area (Å²) < 4.78 is 0. The fraction of sp³-hybridized carbons (Fsp3) is 0.0909. The van der Waals surface area contributed by atoms with Crippen LogP contribution in [0.4, 0.5) is 5.69 Å². The predicted molar refractivity (Wildman–Crippen MR) is 64.1 cm³/mol. The summed E-state index contributed by atoms with van der Waals surface area (Å²) in [5, 5.41) is 26.9. The van der Waals surface area contributed by atoms with Crippen LogP contribution in [0.1, 0.15) is 26.8 Å². The van der Waals surface area contributed by atoms with E-state index in [4.69, 9.17) is 5.11 Å². The van der Waals surface area contributed by atoms with E-state index >= 15 is 0 Å². The molecule has 0 unspecified atom stereocenters. The number of benzene rings is 1. The molecule has 4 N–H and O–H groups in total. The molecule has 0 radical (unpaired) electrons. The monoisotopic (exact) mass is 262 g/mol. The van der Waals surface area contributed by atoms with Gasteiger partial charge in [0.05, 0.1) is 11.3 Å². The van der Waals surface area contributed by atoms with Crippen LogP contribution >= 0.6 is 0 Å². The van der Waals surface area contributed by atoms with Crippen molar-refractivity contribution in [2.45, 2.75) is 6.92 Å². The quantitative estimate of drug-likeness (QED) is 0.605. The number of nitrogens with one attached hydrogen (secondary N) is 2. The molecule has 8 nitrogen and oxygen atoms in total. The molecular formula is C11H10N4O4. The summed E-state index contributed by atoms with van der Waals surface area (Å²) in [6.07, 6.45) is 0. The summed E-state index contributed by atoms with van der Waals surface area (Å²) in [4.78, 5) is 26.2. The van der Waals surface area contributed by atoms with Crippen LogP contribution < -0.4 is 5.32 Å². The van der Waals surface area contributed by atoms with E-state index in [1.165, 1.54) is 12.1 Å². The van der Waals surface area contributed by atoms with Crippen molar-refractivity contribution < 1.29 is 19.8 Å². The highest BCUT2D eigenvalue weighted by molar-refractivity contribution is 6.02.